The summed E-state index contributed by atoms with van der Waals surface area (Å²) in [5.74, 6) is -0.981. The normalized spacial score (nSPS) is 13.2. The van der Waals surface area contributed by atoms with Crippen LogP contribution in [0.15, 0.2) is 6.20 Å². The first kappa shape index (κ1) is 10.3. The summed E-state index contributed by atoms with van der Waals surface area (Å²) >= 11 is 0.918. The number of carbonyl (C=O) groups is 1. The van der Waals surface area contributed by atoms with Crippen molar-refractivity contribution in [2.45, 2.75) is 12.8 Å². The van der Waals surface area contributed by atoms with Crippen LogP contribution in [0.1, 0.15) is 20.8 Å². The van der Waals surface area contributed by atoms with Crippen LogP contribution in [0.25, 0.3) is 11.3 Å². The van der Waals surface area contributed by atoms with Crippen molar-refractivity contribution in [2.75, 3.05) is 0 Å². The van der Waals surface area contributed by atoms with Gasteiger partial charge in [-0.2, -0.15) is 5.10 Å². The zero-order valence-corrected chi connectivity index (χ0v) is 9.91. The van der Waals surface area contributed by atoms with Gasteiger partial charge in [0.15, 0.2) is 5.06 Å². The van der Waals surface area contributed by atoms with Crippen LogP contribution in [-0.2, 0) is 19.9 Å². The standard InChI is InChI=1S/C11H10N2O3S/c1-13-4-5-2-3-6-7(8(5)12-13)11(16)17-9(6)10(14)15/h4,16H,2-3H2,1H3,(H,14,15). The van der Waals surface area contributed by atoms with Gasteiger partial charge in [-0.25, -0.2) is 4.79 Å². The molecule has 0 amide bonds. The van der Waals surface area contributed by atoms with E-state index in [1.54, 1.807) is 4.68 Å². The lowest BCUT2D eigenvalue weighted by Gasteiger charge is -2.11. The van der Waals surface area contributed by atoms with Gasteiger partial charge in [-0.1, -0.05) is 11.3 Å². The molecule has 17 heavy (non-hydrogen) atoms. The number of aryl methyl sites for hydroxylation is 2. The summed E-state index contributed by atoms with van der Waals surface area (Å²) in [6, 6.07) is 0. The molecule has 0 atom stereocenters. The van der Waals surface area contributed by atoms with E-state index < -0.39 is 5.97 Å². The number of hydrogen-bond acceptors (Lipinski definition) is 4. The zero-order chi connectivity index (χ0) is 12.2. The highest BCUT2D eigenvalue weighted by atomic mass is 32.1. The Hall–Kier alpha value is -1.82. The molecule has 0 aliphatic heterocycles. The van der Waals surface area contributed by atoms with Crippen LogP contribution >= 0.6 is 11.3 Å². The maximum Gasteiger partial charge on any atom is 0.346 e. The lowest BCUT2D eigenvalue weighted by atomic mass is 9.92. The van der Waals surface area contributed by atoms with Crippen molar-refractivity contribution >= 4 is 17.3 Å². The molecule has 0 fully saturated rings. The fourth-order valence-electron chi connectivity index (χ4n) is 2.30. The Morgan fingerprint density at radius 2 is 2.29 bits per heavy atom. The molecule has 0 spiro atoms. The fourth-order valence-corrected chi connectivity index (χ4v) is 3.23. The lowest BCUT2D eigenvalue weighted by molar-refractivity contribution is 0.0701. The molecule has 0 aromatic carbocycles. The second-order valence-electron chi connectivity index (χ2n) is 4.07. The Bertz CT molecular complexity index is 627. The Morgan fingerprint density at radius 1 is 1.53 bits per heavy atom. The molecule has 1 aliphatic rings. The first-order chi connectivity index (χ1) is 8.08. The molecule has 0 saturated heterocycles. The van der Waals surface area contributed by atoms with E-state index in [4.69, 9.17) is 5.11 Å². The van der Waals surface area contributed by atoms with Gasteiger partial charge in [0.25, 0.3) is 0 Å². The first-order valence-electron chi connectivity index (χ1n) is 5.18. The van der Waals surface area contributed by atoms with Crippen LogP contribution in [0.3, 0.4) is 0 Å². The molecule has 6 heteroatoms. The summed E-state index contributed by atoms with van der Waals surface area (Å²) in [5.41, 5.74) is 3.10. The maximum atomic E-state index is 11.1. The minimum absolute atomic E-state index is 0.0528. The van der Waals surface area contributed by atoms with Gasteiger partial charge in [0.1, 0.15) is 10.6 Å². The largest absolute Gasteiger partial charge is 0.499 e. The molecule has 2 N–H and O–H groups in total. The highest BCUT2D eigenvalue weighted by Gasteiger charge is 2.29. The van der Waals surface area contributed by atoms with Gasteiger partial charge < -0.3 is 10.2 Å². The number of hydrogen-bond donors (Lipinski definition) is 2. The van der Waals surface area contributed by atoms with Gasteiger partial charge in [0.05, 0.1) is 5.56 Å². The van der Waals surface area contributed by atoms with Gasteiger partial charge in [-0.15, -0.1) is 0 Å². The molecule has 0 bridgehead atoms. The predicted molar refractivity (Wildman–Crippen MR) is 62.6 cm³/mol. The quantitative estimate of drug-likeness (QED) is 0.807. The number of thiophene rings is 1. The molecule has 2 aromatic heterocycles. The molecule has 3 rings (SSSR count). The number of aromatic hydroxyl groups is 1. The highest BCUT2D eigenvalue weighted by Crippen LogP contribution is 2.45. The van der Waals surface area contributed by atoms with Crippen LogP contribution in [0.2, 0.25) is 0 Å². The number of nitrogens with zero attached hydrogens (tertiary/aromatic N) is 2. The molecule has 88 valence electrons. The van der Waals surface area contributed by atoms with Crippen molar-refractivity contribution in [3.05, 3.63) is 22.2 Å². The predicted octanol–water partition coefficient (Wildman–Crippen LogP) is 1.65. The Morgan fingerprint density at radius 3 is 3.00 bits per heavy atom. The van der Waals surface area contributed by atoms with E-state index >= 15 is 0 Å². The van der Waals surface area contributed by atoms with Crippen molar-refractivity contribution in [3.8, 4) is 16.3 Å². The summed E-state index contributed by atoms with van der Waals surface area (Å²) in [4.78, 5) is 11.3. The summed E-state index contributed by atoms with van der Waals surface area (Å²) in [6.07, 6.45) is 3.33. The summed E-state index contributed by atoms with van der Waals surface area (Å²) in [5, 5.41) is 23.3. The van der Waals surface area contributed by atoms with Crippen LogP contribution in [-0.4, -0.2) is 26.0 Å². The zero-order valence-electron chi connectivity index (χ0n) is 9.10. The third-order valence-electron chi connectivity index (χ3n) is 2.97. The minimum Gasteiger partial charge on any atom is -0.499 e. The molecular weight excluding hydrogens is 240 g/mol. The van der Waals surface area contributed by atoms with E-state index in [1.807, 2.05) is 13.2 Å². The topological polar surface area (TPSA) is 75.3 Å². The van der Waals surface area contributed by atoms with Gasteiger partial charge in [0.2, 0.25) is 0 Å². The highest BCUT2D eigenvalue weighted by molar-refractivity contribution is 7.16. The van der Waals surface area contributed by atoms with Crippen molar-refractivity contribution in [3.63, 3.8) is 0 Å². The van der Waals surface area contributed by atoms with Gasteiger partial charge in [-0.3, -0.25) is 4.68 Å². The number of aromatic carboxylic acids is 1. The van der Waals surface area contributed by atoms with Crippen LogP contribution in [0, 0.1) is 0 Å². The van der Waals surface area contributed by atoms with Crippen LogP contribution < -0.4 is 0 Å². The molecule has 1 aliphatic carbocycles. The van der Waals surface area contributed by atoms with Crippen LogP contribution in [0.5, 0.6) is 5.06 Å². The average molecular weight is 250 g/mol. The van der Waals surface area contributed by atoms with E-state index in [9.17, 15) is 9.90 Å². The number of fused-ring (bicyclic) bond motifs is 3. The van der Waals surface area contributed by atoms with E-state index in [2.05, 4.69) is 5.10 Å². The SMILES string of the molecule is Cn1cc2c(n1)-c1c(O)sc(C(=O)O)c1CC2. The van der Waals surface area contributed by atoms with E-state index in [0.29, 0.717) is 17.5 Å². The summed E-state index contributed by atoms with van der Waals surface area (Å²) in [7, 11) is 1.82. The molecule has 2 heterocycles. The van der Waals surface area contributed by atoms with E-state index in [1.165, 1.54) is 0 Å². The van der Waals surface area contributed by atoms with E-state index in [0.717, 1.165) is 29.0 Å². The maximum absolute atomic E-state index is 11.1. The minimum atomic E-state index is -0.981. The third kappa shape index (κ3) is 1.37. The van der Waals surface area contributed by atoms with Crippen molar-refractivity contribution in [2.24, 2.45) is 7.05 Å². The van der Waals surface area contributed by atoms with Crippen molar-refractivity contribution in [1.29, 1.82) is 0 Å². The molecular formula is C11H10N2O3S. The molecule has 5 nitrogen and oxygen atoms in total. The summed E-state index contributed by atoms with van der Waals surface area (Å²) < 4.78 is 1.69. The van der Waals surface area contributed by atoms with Crippen molar-refractivity contribution in [1.82, 2.24) is 9.78 Å². The average Bonchev–Trinajstić information content (AvgIpc) is 2.77. The fraction of sp³-hybridized carbons (Fsp3) is 0.273. The van der Waals surface area contributed by atoms with Crippen molar-refractivity contribution < 1.29 is 15.0 Å². The smallest absolute Gasteiger partial charge is 0.346 e. The Labute approximate surface area is 101 Å². The number of carboxylic acid groups (broad SMARTS) is 1. The second-order valence-corrected chi connectivity index (χ2v) is 5.07. The molecule has 2 aromatic rings. The number of carboxylic acids is 1. The molecule has 0 saturated carbocycles. The first-order valence-corrected chi connectivity index (χ1v) is 6.00. The van der Waals surface area contributed by atoms with Gasteiger partial charge in [0, 0.05) is 13.2 Å². The van der Waals surface area contributed by atoms with E-state index in [-0.39, 0.29) is 9.94 Å². The summed E-state index contributed by atoms with van der Waals surface area (Å²) in [6.45, 7) is 0. The Balaban J connectivity index is 2.29. The number of rotatable bonds is 1. The van der Waals surface area contributed by atoms with Gasteiger partial charge >= 0.3 is 5.97 Å². The second kappa shape index (κ2) is 3.33. The third-order valence-corrected chi connectivity index (χ3v) is 3.99. The number of aromatic nitrogens is 2. The molecule has 0 radical (unpaired) electrons. The van der Waals surface area contributed by atoms with Crippen LogP contribution in [0.4, 0.5) is 0 Å². The molecule has 0 unspecified atom stereocenters. The van der Waals surface area contributed by atoms with Gasteiger partial charge in [-0.05, 0) is 24.0 Å². The monoisotopic (exact) mass is 250 g/mol. The lowest BCUT2D eigenvalue weighted by Crippen LogP contribution is -2.05. The Kier molecular flexibility index (Phi) is 2.03.